The smallest absolute Gasteiger partial charge is 0.329 e. The Hall–Kier alpha value is -2.57. The van der Waals surface area contributed by atoms with E-state index in [9.17, 15) is 14.5 Å². The summed E-state index contributed by atoms with van der Waals surface area (Å²) in [5, 5.41) is 13.4. The van der Waals surface area contributed by atoms with Crippen LogP contribution in [-0.2, 0) is 0 Å². The average molecular weight is 234 g/mol. The van der Waals surface area contributed by atoms with Crippen molar-refractivity contribution in [3.63, 3.8) is 0 Å². The Morgan fingerprint density at radius 2 is 2.00 bits per heavy atom. The largest absolute Gasteiger partial charge is 0.334 e. The molecular formula is C10H7FN4O2. The lowest BCUT2D eigenvalue weighted by molar-refractivity contribution is -0.384. The third-order valence-corrected chi connectivity index (χ3v) is 2.00. The van der Waals surface area contributed by atoms with E-state index < -0.39 is 4.92 Å². The van der Waals surface area contributed by atoms with Crippen molar-refractivity contribution in [2.75, 3.05) is 5.32 Å². The second-order valence-electron chi connectivity index (χ2n) is 3.15. The molecule has 86 valence electrons. The number of anilines is 2. The molecule has 0 unspecified atom stereocenters. The maximum absolute atomic E-state index is 12.7. The number of rotatable bonds is 3. The molecule has 0 bridgehead atoms. The van der Waals surface area contributed by atoms with Gasteiger partial charge in [0.05, 0.1) is 4.92 Å². The predicted octanol–water partition coefficient (Wildman–Crippen LogP) is 2.27. The van der Waals surface area contributed by atoms with Gasteiger partial charge in [-0.2, -0.15) is 0 Å². The summed E-state index contributed by atoms with van der Waals surface area (Å²) in [4.78, 5) is 17.4. The van der Waals surface area contributed by atoms with Gasteiger partial charge >= 0.3 is 5.69 Å². The van der Waals surface area contributed by atoms with Crippen LogP contribution in [0.2, 0.25) is 0 Å². The van der Waals surface area contributed by atoms with Crippen molar-refractivity contribution in [3.05, 3.63) is 52.7 Å². The van der Waals surface area contributed by atoms with Gasteiger partial charge in [0.1, 0.15) is 18.3 Å². The van der Waals surface area contributed by atoms with Crippen molar-refractivity contribution < 1.29 is 9.31 Å². The summed E-state index contributed by atoms with van der Waals surface area (Å²) in [5.41, 5.74) is 0.269. The number of nitrogens with one attached hydrogen (secondary N) is 1. The number of hydrogen-bond acceptors (Lipinski definition) is 5. The van der Waals surface area contributed by atoms with Crippen molar-refractivity contribution in [1.82, 2.24) is 9.97 Å². The first kappa shape index (κ1) is 10.9. The first-order valence-corrected chi connectivity index (χ1v) is 4.64. The Kier molecular flexibility index (Phi) is 2.91. The van der Waals surface area contributed by atoms with Crippen molar-refractivity contribution in [3.8, 4) is 0 Å². The Morgan fingerprint density at radius 3 is 2.65 bits per heavy atom. The average Bonchev–Trinajstić information content (AvgIpc) is 2.32. The number of halogens is 1. The van der Waals surface area contributed by atoms with E-state index in [0.717, 1.165) is 6.20 Å². The molecule has 1 aromatic carbocycles. The number of aromatic nitrogens is 2. The zero-order valence-electron chi connectivity index (χ0n) is 8.50. The molecule has 0 saturated heterocycles. The summed E-state index contributed by atoms with van der Waals surface area (Å²) in [7, 11) is 0. The molecule has 0 radical (unpaired) electrons. The van der Waals surface area contributed by atoms with Gasteiger partial charge in [0, 0.05) is 5.69 Å². The highest BCUT2D eigenvalue weighted by atomic mass is 19.1. The van der Waals surface area contributed by atoms with Gasteiger partial charge in [0.25, 0.3) is 0 Å². The fourth-order valence-electron chi connectivity index (χ4n) is 1.22. The minimum atomic E-state index is -0.591. The number of nitrogens with zero attached hydrogens (tertiary/aromatic N) is 3. The Balaban J connectivity index is 2.30. The number of nitro groups is 1. The molecule has 7 heteroatoms. The van der Waals surface area contributed by atoms with E-state index >= 15 is 0 Å². The summed E-state index contributed by atoms with van der Waals surface area (Å²) >= 11 is 0. The molecule has 0 aliphatic heterocycles. The summed E-state index contributed by atoms with van der Waals surface area (Å²) < 4.78 is 12.7. The third kappa shape index (κ3) is 2.51. The molecule has 2 rings (SSSR count). The van der Waals surface area contributed by atoms with Crippen LogP contribution in [0.25, 0.3) is 0 Å². The SMILES string of the molecule is O=[N+]([O-])c1cncnc1Nc1ccc(F)cc1. The van der Waals surface area contributed by atoms with Gasteiger partial charge in [-0.15, -0.1) is 0 Å². The monoisotopic (exact) mass is 234 g/mol. The van der Waals surface area contributed by atoms with E-state index in [1.807, 2.05) is 0 Å². The van der Waals surface area contributed by atoms with Gasteiger partial charge < -0.3 is 5.32 Å². The zero-order valence-corrected chi connectivity index (χ0v) is 8.50. The highest BCUT2D eigenvalue weighted by Gasteiger charge is 2.14. The quantitative estimate of drug-likeness (QED) is 0.650. The highest BCUT2D eigenvalue weighted by Crippen LogP contribution is 2.23. The predicted molar refractivity (Wildman–Crippen MR) is 58.4 cm³/mol. The minimum absolute atomic E-state index is 0.0663. The van der Waals surface area contributed by atoms with Crippen molar-refractivity contribution in [1.29, 1.82) is 0 Å². The number of benzene rings is 1. The van der Waals surface area contributed by atoms with Gasteiger partial charge in [-0.1, -0.05) is 0 Å². The Bertz CT molecular complexity index is 544. The molecule has 0 amide bonds. The molecule has 6 nitrogen and oxygen atoms in total. The van der Waals surface area contributed by atoms with Crippen LogP contribution in [0.4, 0.5) is 21.6 Å². The van der Waals surface area contributed by atoms with E-state index in [1.54, 1.807) is 0 Å². The fraction of sp³-hybridized carbons (Fsp3) is 0. The molecule has 0 saturated carbocycles. The number of hydrogen-bond donors (Lipinski definition) is 1. The first-order chi connectivity index (χ1) is 8.16. The van der Waals surface area contributed by atoms with E-state index in [2.05, 4.69) is 15.3 Å². The van der Waals surface area contributed by atoms with Gasteiger partial charge in [-0.3, -0.25) is 10.1 Å². The first-order valence-electron chi connectivity index (χ1n) is 4.64. The Labute approximate surface area is 95.3 Å². The third-order valence-electron chi connectivity index (χ3n) is 2.00. The lowest BCUT2D eigenvalue weighted by Gasteiger charge is -2.04. The summed E-state index contributed by atoms with van der Waals surface area (Å²) in [5.74, 6) is -0.315. The molecule has 0 aliphatic rings. The second-order valence-corrected chi connectivity index (χ2v) is 3.15. The molecule has 17 heavy (non-hydrogen) atoms. The molecule has 0 fully saturated rings. The van der Waals surface area contributed by atoms with E-state index in [-0.39, 0.29) is 17.3 Å². The van der Waals surface area contributed by atoms with E-state index in [1.165, 1.54) is 30.6 Å². The molecule has 0 aliphatic carbocycles. The summed E-state index contributed by atoms with van der Waals surface area (Å²) in [6.07, 6.45) is 2.29. The molecule has 0 atom stereocenters. The van der Waals surface area contributed by atoms with Crippen LogP contribution in [-0.4, -0.2) is 14.9 Å². The van der Waals surface area contributed by atoms with E-state index in [0.29, 0.717) is 5.69 Å². The molecule has 1 N–H and O–H groups in total. The van der Waals surface area contributed by atoms with Gasteiger partial charge in [-0.25, -0.2) is 14.4 Å². The van der Waals surface area contributed by atoms with Crippen LogP contribution >= 0.6 is 0 Å². The lowest BCUT2D eigenvalue weighted by atomic mass is 10.3. The lowest BCUT2D eigenvalue weighted by Crippen LogP contribution is -2.00. The summed E-state index contributed by atoms with van der Waals surface area (Å²) in [6, 6.07) is 5.41. The van der Waals surface area contributed by atoms with Gasteiger partial charge in [0.2, 0.25) is 5.82 Å². The molecule has 1 aromatic heterocycles. The van der Waals surface area contributed by atoms with Crippen LogP contribution in [0.5, 0.6) is 0 Å². The summed E-state index contributed by atoms with van der Waals surface area (Å²) in [6.45, 7) is 0. The maximum atomic E-state index is 12.7. The van der Waals surface area contributed by atoms with Gasteiger partial charge in [0.15, 0.2) is 0 Å². The topological polar surface area (TPSA) is 81.0 Å². The molecule has 2 aromatic rings. The minimum Gasteiger partial charge on any atom is -0.334 e. The second kappa shape index (κ2) is 4.52. The van der Waals surface area contributed by atoms with Crippen molar-refractivity contribution >= 4 is 17.2 Å². The maximum Gasteiger partial charge on any atom is 0.329 e. The molecule has 0 spiro atoms. The molecular weight excluding hydrogens is 227 g/mol. The van der Waals surface area contributed by atoms with Crippen molar-refractivity contribution in [2.24, 2.45) is 0 Å². The fourth-order valence-corrected chi connectivity index (χ4v) is 1.22. The zero-order chi connectivity index (χ0) is 12.3. The highest BCUT2D eigenvalue weighted by molar-refractivity contribution is 5.64. The molecule has 1 heterocycles. The normalized spacial score (nSPS) is 9.94. The standard InChI is InChI=1S/C10H7FN4O2/c11-7-1-3-8(4-2-7)14-10-9(15(16)17)5-12-6-13-10/h1-6H,(H,12,13,14). The van der Waals surface area contributed by atoms with Crippen molar-refractivity contribution in [2.45, 2.75) is 0 Å². The van der Waals surface area contributed by atoms with Crippen LogP contribution in [0.1, 0.15) is 0 Å². The Morgan fingerprint density at radius 1 is 1.29 bits per heavy atom. The van der Waals surface area contributed by atoms with Crippen LogP contribution in [0.3, 0.4) is 0 Å². The van der Waals surface area contributed by atoms with E-state index in [4.69, 9.17) is 0 Å². The van der Waals surface area contributed by atoms with Crippen LogP contribution in [0.15, 0.2) is 36.8 Å². The van der Waals surface area contributed by atoms with Gasteiger partial charge in [-0.05, 0) is 24.3 Å². The van der Waals surface area contributed by atoms with Crippen LogP contribution in [0, 0.1) is 15.9 Å². The van der Waals surface area contributed by atoms with Crippen LogP contribution < -0.4 is 5.32 Å².